The van der Waals surface area contributed by atoms with Gasteiger partial charge in [0, 0.05) is 26.3 Å². The molecule has 0 unspecified atom stereocenters. The van der Waals surface area contributed by atoms with Crippen LogP contribution in [-0.2, 0) is 11.8 Å². The molecule has 1 aromatic heterocycles. The van der Waals surface area contributed by atoms with Gasteiger partial charge in [0.1, 0.15) is 11.4 Å². The van der Waals surface area contributed by atoms with E-state index in [0.29, 0.717) is 30.3 Å². The number of nitrogens with zero attached hydrogens (tertiary/aromatic N) is 2. The molecule has 1 aliphatic heterocycles. The van der Waals surface area contributed by atoms with Crippen molar-refractivity contribution in [3.63, 3.8) is 0 Å². The van der Waals surface area contributed by atoms with Crippen LogP contribution in [0, 0.1) is 12.8 Å². The minimum absolute atomic E-state index is 0.0714. The first-order valence-corrected chi connectivity index (χ1v) is 9.83. The van der Waals surface area contributed by atoms with Crippen molar-refractivity contribution in [2.45, 2.75) is 26.7 Å². The van der Waals surface area contributed by atoms with Gasteiger partial charge in [0.25, 0.3) is 17.4 Å². The number of carbonyl (C=O) groups excluding carboxylic acids is 2. The summed E-state index contributed by atoms with van der Waals surface area (Å²) in [4.78, 5) is 39.3. The predicted molar refractivity (Wildman–Crippen MR) is 111 cm³/mol. The van der Waals surface area contributed by atoms with Crippen molar-refractivity contribution in [1.82, 2.24) is 9.47 Å². The van der Waals surface area contributed by atoms with Crippen LogP contribution in [0.1, 0.15) is 35.7 Å². The van der Waals surface area contributed by atoms with Crippen LogP contribution < -0.4 is 15.6 Å². The first-order chi connectivity index (χ1) is 13.8. The van der Waals surface area contributed by atoms with E-state index in [2.05, 4.69) is 12.2 Å². The van der Waals surface area contributed by atoms with Crippen LogP contribution >= 0.6 is 0 Å². The quantitative estimate of drug-likeness (QED) is 0.841. The summed E-state index contributed by atoms with van der Waals surface area (Å²) in [6.45, 7) is 5.25. The fraction of sp³-hybridized carbons (Fsp3) is 0.409. The Morgan fingerprint density at radius 3 is 2.59 bits per heavy atom. The highest BCUT2D eigenvalue weighted by Gasteiger charge is 2.23. The number of benzene rings is 1. The molecular weight excluding hydrogens is 370 g/mol. The monoisotopic (exact) mass is 397 g/mol. The molecule has 1 fully saturated rings. The summed E-state index contributed by atoms with van der Waals surface area (Å²) in [7, 11) is 1.57. The molecule has 2 aromatic rings. The largest absolute Gasteiger partial charge is 0.483 e. The molecule has 0 spiro atoms. The van der Waals surface area contributed by atoms with Gasteiger partial charge in [0.2, 0.25) is 0 Å². The van der Waals surface area contributed by atoms with E-state index < -0.39 is 5.91 Å². The fourth-order valence-corrected chi connectivity index (χ4v) is 3.36. The van der Waals surface area contributed by atoms with Gasteiger partial charge < -0.3 is 19.5 Å². The summed E-state index contributed by atoms with van der Waals surface area (Å²) in [6, 6.07) is 8.83. The minimum Gasteiger partial charge on any atom is -0.483 e. The molecule has 0 saturated carbocycles. The maximum atomic E-state index is 12.8. The van der Waals surface area contributed by atoms with Crippen molar-refractivity contribution in [3.8, 4) is 5.75 Å². The Balaban J connectivity index is 1.70. The van der Waals surface area contributed by atoms with E-state index in [9.17, 15) is 14.4 Å². The van der Waals surface area contributed by atoms with Gasteiger partial charge in [-0.25, -0.2) is 0 Å². The Morgan fingerprint density at radius 1 is 1.21 bits per heavy atom. The summed E-state index contributed by atoms with van der Waals surface area (Å²) < 4.78 is 6.84. The molecule has 7 nitrogen and oxygen atoms in total. The molecule has 0 atom stereocenters. The Labute approximate surface area is 170 Å². The van der Waals surface area contributed by atoms with Gasteiger partial charge in [0.05, 0.1) is 5.56 Å². The zero-order valence-corrected chi connectivity index (χ0v) is 17.1. The second kappa shape index (κ2) is 8.94. The van der Waals surface area contributed by atoms with Crippen LogP contribution in [0.5, 0.6) is 5.75 Å². The first-order valence-electron chi connectivity index (χ1n) is 9.83. The highest BCUT2D eigenvalue weighted by atomic mass is 16.5. The number of ether oxygens (including phenoxy) is 1. The van der Waals surface area contributed by atoms with Crippen LogP contribution in [0.3, 0.4) is 0 Å². The van der Waals surface area contributed by atoms with E-state index in [1.807, 2.05) is 25.1 Å². The van der Waals surface area contributed by atoms with Crippen molar-refractivity contribution >= 4 is 17.5 Å². The van der Waals surface area contributed by atoms with Crippen molar-refractivity contribution in [1.29, 1.82) is 0 Å². The zero-order valence-electron chi connectivity index (χ0n) is 17.1. The normalized spacial score (nSPS) is 14.5. The zero-order chi connectivity index (χ0) is 21.0. The molecule has 1 aromatic carbocycles. The molecule has 1 saturated heterocycles. The number of aryl methyl sites for hydroxylation is 2. The molecule has 3 rings (SSSR count). The van der Waals surface area contributed by atoms with Crippen LogP contribution in [0.25, 0.3) is 0 Å². The van der Waals surface area contributed by atoms with Crippen molar-refractivity contribution in [2.24, 2.45) is 13.0 Å². The lowest BCUT2D eigenvalue weighted by Crippen LogP contribution is -2.38. The van der Waals surface area contributed by atoms with Gasteiger partial charge in [-0.2, -0.15) is 0 Å². The number of likely N-dealkylation sites (tertiary alicyclic amines) is 1. The van der Waals surface area contributed by atoms with E-state index in [4.69, 9.17) is 4.74 Å². The molecule has 0 bridgehead atoms. The van der Waals surface area contributed by atoms with Crippen LogP contribution in [0.15, 0.2) is 41.3 Å². The first kappa shape index (κ1) is 20.6. The standard InChI is InChI=1S/C22H27N3O4/c1-15-8-10-25(11-9-15)21(27)17-12-18(22(28)24(3)13-17)23-20(26)14-29-19-7-5-4-6-16(19)2/h4-7,12-13,15H,8-11,14H2,1-3H3,(H,23,26). The van der Waals surface area contributed by atoms with Gasteiger partial charge in [-0.15, -0.1) is 0 Å². The summed E-state index contributed by atoms with van der Waals surface area (Å²) in [5.74, 6) is 0.641. The molecule has 7 heteroatoms. The number of carbonyl (C=O) groups is 2. The highest BCUT2D eigenvalue weighted by Crippen LogP contribution is 2.19. The molecule has 0 radical (unpaired) electrons. The second-order valence-electron chi connectivity index (χ2n) is 7.64. The van der Waals surface area contributed by atoms with Crippen molar-refractivity contribution in [2.75, 3.05) is 25.0 Å². The molecular formula is C22H27N3O4. The van der Waals surface area contributed by atoms with Gasteiger partial charge in [-0.3, -0.25) is 14.4 Å². The minimum atomic E-state index is -0.457. The van der Waals surface area contributed by atoms with Crippen LogP contribution in [0.2, 0.25) is 0 Å². The molecule has 154 valence electrons. The highest BCUT2D eigenvalue weighted by molar-refractivity contribution is 5.97. The van der Waals surface area contributed by atoms with E-state index in [1.165, 1.54) is 16.8 Å². The average molecular weight is 397 g/mol. The Hall–Kier alpha value is -3.09. The molecule has 29 heavy (non-hydrogen) atoms. The number of para-hydroxylation sites is 1. The van der Waals surface area contributed by atoms with Gasteiger partial charge in [-0.05, 0) is 43.4 Å². The maximum absolute atomic E-state index is 12.8. The van der Waals surface area contributed by atoms with E-state index >= 15 is 0 Å². The number of pyridine rings is 1. The fourth-order valence-electron chi connectivity index (χ4n) is 3.36. The van der Waals surface area contributed by atoms with Gasteiger partial charge in [0.15, 0.2) is 6.61 Å². The third-order valence-corrected chi connectivity index (χ3v) is 5.23. The van der Waals surface area contributed by atoms with E-state index in [0.717, 1.165) is 18.4 Å². The number of anilines is 1. The molecule has 2 heterocycles. The summed E-state index contributed by atoms with van der Waals surface area (Å²) >= 11 is 0. The number of piperidine rings is 1. The third-order valence-electron chi connectivity index (χ3n) is 5.23. The lowest BCUT2D eigenvalue weighted by atomic mass is 9.99. The topological polar surface area (TPSA) is 80.6 Å². The lowest BCUT2D eigenvalue weighted by Gasteiger charge is -2.30. The molecule has 2 amide bonds. The van der Waals surface area contributed by atoms with E-state index in [-0.39, 0.29) is 23.8 Å². The van der Waals surface area contributed by atoms with Crippen molar-refractivity contribution < 1.29 is 14.3 Å². The maximum Gasteiger partial charge on any atom is 0.274 e. The predicted octanol–water partition coefficient (Wildman–Crippen LogP) is 2.58. The molecule has 0 aliphatic carbocycles. The number of amides is 2. The summed E-state index contributed by atoms with van der Waals surface area (Å²) in [5.41, 5.74) is 0.997. The second-order valence-corrected chi connectivity index (χ2v) is 7.64. The van der Waals surface area contributed by atoms with Gasteiger partial charge in [-0.1, -0.05) is 25.1 Å². The number of hydrogen-bond acceptors (Lipinski definition) is 4. The van der Waals surface area contributed by atoms with E-state index in [1.54, 1.807) is 18.0 Å². The lowest BCUT2D eigenvalue weighted by molar-refractivity contribution is -0.118. The van der Waals surface area contributed by atoms with Crippen LogP contribution in [0.4, 0.5) is 5.69 Å². The number of aromatic nitrogens is 1. The smallest absolute Gasteiger partial charge is 0.274 e. The Kier molecular flexibility index (Phi) is 6.36. The third kappa shape index (κ3) is 5.04. The van der Waals surface area contributed by atoms with Crippen molar-refractivity contribution in [3.05, 3.63) is 58.0 Å². The average Bonchev–Trinajstić information content (AvgIpc) is 2.70. The Bertz CT molecular complexity index is 959. The number of nitrogens with one attached hydrogen (secondary N) is 1. The SMILES string of the molecule is Cc1ccccc1OCC(=O)Nc1cc(C(=O)N2CCC(C)CC2)cn(C)c1=O. The van der Waals surface area contributed by atoms with Crippen LogP contribution in [-0.4, -0.2) is 41.0 Å². The summed E-state index contributed by atoms with van der Waals surface area (Å²) in [5, 5.41) is 2.58. The molecule has 1 aliphatic rings. The summed E-state index contributed by atoms with van der Waals surface area (Å²) in [6.07, 6.45) is 3.46. The number of rotatable bonds is 5. The number of hydrogen-bond donors (Lipinski definition) is 1. The van der Waals surface area contributed by atoms with Gasteiger partial charge >= 0.3 is 0 Å². The Morgan fingerprint density at radius 2 is 1.90 bits per heavy atom. The molecule has 1 N–H and O–H groups in total.